The van der Waals surface area contributed by atoms with Crippen molar-refractivity contribution in [3.05, 3.63) is 0 Å². The predicted molar refractivity (Wildman–Crippen MR) is 57.1 cm³/mol. The lowest BCUT2D eigenvalue weighted by atomic mass is 10.3. The fraction of sp³-hybridized carbons (Fsp3) is 1.00. The first kappa shape index (κ1) is 11.0. The Morgan fingerprint density at radius 2 is 1.38 bits per heavy atom. The summed E-state index contributed by atoms with van der Waals surface area (Å²) in [6.45, 7) is 8.25. The molecule has 13 heavy (non-hydrogen) atoms. The molecule has 0 N–H and O–H groups in total. The van der Waals surface area contributed by atoms with E-state index in [1.807, 2.05) is 0 Å². The summed E-state index contributed by atoms with van der Waals surface area (Å²) in [6.07, 6.45) is 0. The van der Waals surface area contributed by atoms with Crippen molar-refractivity contribution < 1.29 is 0 Å². The van der Waals surface area contributed by atoms with Gasteiger partial charge in [-0.15, -0.1) is 0 Å². The highest BCUT2D eigenvalue weighted by Crippen LogP contribution is 2.01. The maximum absolute atomic E-state index is 2.44. The van der Waals surface area contributed by atoms with E-state index in [9.17, 15) is 0 Å². The van der Waals surface area contributed by atoms with Crippen LogP contribution in [0.3, 0.4) is 0 Å². The van der Waals surface area contributed by atoms with E-state index in [0.29, 0.717) is 6.04 Å². The van der Waals surface area contributed by atoms with Gasteiger partial charge in [0.2, 0.25) is 0 Å². The van der Waals surface area contributed by atoms with E-state index in [-0.39, 0.29) is 0 Å². The molecule has 0 aromatic rings. The van der Waals surface area contributed by atoms with Crippen LogP contribution in [0.5, 0.6) is 0 Å². The highest BCUT2D eigenvalue weighted by atomic mass is 15.2. The number of hydrogen-bond donors (Lipinski definition) is 0. The van der Waals surface area contributed by atoms with Gasteiger partial charge in [0.25, 0.3) is 0 Å². The molecular formula is C10H23N3. The molecule has 0 radical (unpaired) electrons. The zero-order valence-corrected chi connectivity index (χ0v) is 9.45. The van der Waals surface area contributed by atoms with Crippen molar-refractivity contribution in [1.82, 2.24) is 14.7 Å². The zero-order chi connectivity index (χ0) is 9.84. The van der Waals surface area contributed by atoms with Gasteiger partial charge in [-0.25, -0.2) is 0 Å². The molecule has 1 aliphatic heterocycles. The molecule has 0 bridgehead atoms. The number of hydrogen-bond acceptors (Lipinski definition) is 3. The van der Waals surface area contributed by atoms with Crippen LogP contribution in [-0.4, -0.2) is 74.6 Å². The molecule has 1 atom stereocenters. The highest BCUT2D eigenvalue weighted by molar-refractivity contribution is 4.71. The lowest BCUT2D eigenvalue weighted by Crippen LogP contribution is -2.39. The van der Waals surface area contributed by atoms with Crippen LogP contribution < -0.4 is 0 Å². The Labute approximate surface area is 82.3 Å². The van der Waals surface area contributed by atoms with Gasteiger partial charge in [0.1, 0.15) is 0 Å². The van der Waals surface area contributed by atoms with Crippen molar-refractivity contribution in [3.8, 4) is 0 Å². The molecular weight excluding hydrogens is 162 g/mol. The highest BCUT2D eigenvalue weighted by Gasteiger charge is 2.14. The molecule has 0 amide bonds. The van der Waals surface area contributed by atoms with Crippen LogP contribution in [0.1, 0.15) is 6.92 Å². The van der Waals surface area contributed by atoms with Crippen molar-refractivity contribution in [2.24, 2.45) is 0 Å². The molecule has 0 aliphatic carbocycles. The third kappa shape index (κ3) is 3.63. The second-order valence-corrected chi connectivity index (χ2v) is 4.40. The monoisotopic (exact) mass is 185 g/mol. The normalized spacial score (nSPS) is 30.9. The first-order valence-corrected chi connectivity index (χ1v) is 5.17. The number of nitrogens with zero attached hydrogens (tertiary/aromatic N) is 3. The maximum Gasteiger partial charge on any atom is 0.0192 e. The summed E-state index contributed by atoms with van der Waals surface area (Å²) in [4.78, 5) is 7.27. The van der Waals surface area contributed by atoms with Gasteiger partial charge in [0, 0.05) is 38.8 Å². The largest absolute Gasteiger partial charge is 0.304 e. The smallest absolute Gasteiger partial charge is 0.0192 e. The van der Waals surface area contributed by atoms with E-state index in [2.05, 4.69) is 42.8 Å². The minimum absolute atomic E-state index is 0.677. The Hall–Kier alpha value is -0.120. The Morgan fingerprint density at radius 3 is 2.08 bits per heavy atom. The lowest BCUT2D eigenvalue weighted by Gasteiger charge is -2.26. The summed E-state index contributed by atoms with van der Waals surface area (Å²) in [5, 5.41) is 0. The topological polar surface area (TPSA) is 9.72 Å². The van der Waals surface area contributed by atoms with Gasteiger partial charge in [-0.1, -0.05) is 0 Å². The molecule has 78 valence electrons. The van der Waals surface area contributed by atoms with E-state index in [1.54, 1.807) is 0 Å². The van der Waals surface area contributed by atoms with E-state index in [0.717, 1.165) is 0 Å². The van der Waals surface area contributed by atoms with Crippen molar-refractivity contribution in [1.29, 1.82) is 0 Å². The van der Waals surface area contributed by atoms with Crippen LogP contribution in [0.25, 0.3) is 0 Å². The van der Waals surface area contributed by atoms with Gasteiger partial charge >= 0.3 is 0 Å². The van der Waals surface area contributed by atoms with Gasteiger partial charge in [-0.05, 0) is 28.1 Å². The average molecular weight is 185 g/mol. The predicted octanol–water partition coefficient (Wildman–Crippen LogP) is 0.184. The minimum atomic E-state index is 0.677. The average Bonchev–Trinajstić information content (AvgIpc) is 2.13. The van der Waals surface area contributed by atoms with E-state index < -0.39 is 0 Å². The summed E-state index contributed by atoms with van der Waals surface area (Å²) in [5.41, 5.74) is 0. The first-order valence-electron chi connectivity index (χ1n) is 5.17. The third-order valence-corrected chi connectivity index (χ3v) is 3.03. The summed E-state index contributed by atoms with van der Waals surface area (Å²) < 4.78 is 0. The zero-order valence-electron chi connectivity index (χ0n) is 9.45. The fourth-order valence-corrected chi connectivity index (χ4v) is 1.68. The summed E-state index contributed by atoms with van der Waals surface area (Å²) >= 11 is 0. The van der Waals surface area contributed by atoms with Gasteiger partial charge in [0.15, 0.2) is 0 Å². The molecule has 1 fully saturated rings. The first-order chi connectivity index (χ1) is 6.09. The standard InChI is InChI=1S/C10H23N3/c1-10-9-12(3)6-5-11(2)7-8-13(10)4/h10H,5-9H2,1-4H3. The molecule has 1 aliphatic rings. The van der Waals surface area contributed by atoms with Gasteiger partial charge in [-0.2, -0.15) is 0 Å². The van der Waals surface area contributed by atoms with Crippen LogP contribution in [0.15, 0.2) is 0 Å². The van der Waals surface area contributed by atoms with E-state index in [1.165, 1.54) is 32.7 Å². The van der Waals surface area contributed by atoms with Crippen molar-refractivity contribution >= 4 is 0 Å². The van der Waals surface area contributed by atoms with E-state index in [4.69, 9.17) is 0 Å². The molecule has 1 heterocycles. The molecule has 1 rings (SSSR count). The summed E-state index contributed by atoms with van der Waals surface area (Å²) in [7, 11) is 6.64. The second-order valence-electron chi connectivity index (χ2n) is 4.40. The lowest BCUT2D eigenvalue weighted by molar-refractivity contribution is 0.206. The molecule has 0 aromatic carbocycles. The Bertz CT molecular complexity index is 149. The summed E-state index contributed by atoms with van der Waals surface area (Å²) in [5.74, 6) is 0. The van der Waals surface area contributed by atoms with Crippen LogP contribution in [0.4, 0.5) is 0 Å². The van der Waals surface area contributed by atoms with Crippen LogP contribution in [-0.2, 0) is 0 Å². The number of rotatable bonds is 0. The molecule has 0 aromatic heterocycles. The fourth-order valence-electron chi connectivity index (χ4n) is 1.68. The SMILES string of the molecule is CC1CN(C)CCN(C)CCN1C. The second kappa shape index (κ2) is 4.94. The Morgan fingerprint density at radius 1 is 0.846 bits per heavy atom. The molecule has 3 nitrogen and oxygen atoms in total. The van der Waals surface area contributed by atoms with Crippen LogP contribution in [0.2, 0.25) is 0 Å². The van der Waals surface area contributed by atoms with Crippen LogP contribution >= 0.6 is 0 Å². The Balaban J connectivity index is 2.48. The van der Waals surface area contributed by atoms with Gasteiger partial charge in [0.05, 0.1) is 0 Å². The minimum Gasteiger partial charge on any atom is -0.304 e. The molecule has 0 spiro atoms. The molecule has 0 saturated carbocycles. The molecule has 3 heteroatoms. The summed E-state index contributed by atoms with van der Waals surface area (Å²) in [6, 6.07) is 0.677. The van der Waals surface area contributed by atoms with Crippen LogP contribution in [0, 0.1) is 0 Å². The van der Waals surface area contributed by atoms with Gasteiger partial charge < -0.3 is 14.7 Å². The maximum atomic E-state index is 2.44. The molecule has 1 unspecified atom stereocenters. The van der Waals surface area contributed by atoms with Crippen molar-refractivity contribution in [2.45, 2.75) is 13.0 Å². The Kier molecular flexibility index (Phi) is 4.16. The third-order valence-electron chi connectivity index (χ3n) is 3.03. The molecule has 1 saturated heterocycles. The van der Waals surface area contributed by atoms with Crippen molar-refractivity contribution in [3.63, 3.8) is 0 Å². The van der Waals surface area contributed by atoms with E-state index >= 15 is 0 Å². The van der Waals surface area contributed by atoms with Gasteiger partial charge in [-0.3, -0.25) is 0 Å². The number of likely N-dealkylation sites (N-methyl/N-ethyl adjacent to an activating group) is 3. The van der Waals surface area contributed by atoms with Crippen molar-refractivity contribution in [2.75, 3.05) is 53.9 Å². The quantitative estimate of drug-likeness (QED) is 0.533.